The quantitative estimate of drug-likeness (QED) is 0.842. The number of thiazole rings is 1. The van der Waals surface area contributed by atoms with Gasteiger partial charge in [0.25, 0.3) is 0 Å². The molecule has 0 spiro atoms. The minimum Gasteiger partial charge on any atom is -0.391 e. The molecular weight excluding hydrogens is 276 g/mol. The van der Waals surface area contributed by atoms with Gasteiger partial charge in [-0.25, -0.2) is 13.4 Å². The smallest absolute Gasteiger partial charge is 0.186 e. The fraction of sp³-hybridized carbons (Fsp3) is 0.700. The largest absolute Gasteiger partial charge is 0.391 e. The van der Waals surface area contributed by atoms with Crippen LogP contribution in [0.4, 0.5) is 5.13 Å². The third-order valence-electron chi connectivity index (χ3n) is 2.81. The minimum absolute atomic E-state index is 0.0670. The average molecular weight is 292 g/mol. The van der Waals surface area contributed by atoms with Crippen LogP contribution in [0, 0.1) is 0 Å². The van der Waals surface area contributed by atoms with Crippen LogP contribution in [-0.2, 0) is 27.8 Å². The highest BCUT2D eigenvalue weighted by molar-refractivity contribution is 7.91. The highest BCUT2D eigenvalue weighted by atomic mass is 32.2. The van der Waals surface area contributed by atoms with Gasteiger partial charge in [0.05, 0.1) is 35.3 Å². The maximum absolute atomic E-state index is 11.4. The normalized spacial score (nSPS) is 19.1. The number of anilines is 1. The molecule has 1 aromatic rings. The van der Waals surface area contributed by atoms with Crippen molar-refractivity contribution in [1.29, 1.82) is 0 Å². The summed E-state index contributed by atoms with van der Waals surface area (Å²) in [4.78, 5) is 7.13. The predicted octanol–water partition coefficient (Wildman–Crippen LogP) is 0.0166. The summed E-state index contributed by atoms with van der Waals surface area (Å²) in [7, 11) is -1.30. The summed E-state index contributed by atoms with van der Waals surface area (Å²) in [6, 6.07) is 0. The van der Waals surface area contributed by atoms with E-state index in [-0.39, 0.29) is 18.1 Å². The van der Waals surface area contributed by atoms with Gasteiger partial charge in [0.1, 0.15) is 0 Å². The molecule has 1 aliphatic heterocycles. The van der Waals surface area contributed by atoms with Gasteiger partial charge in [0, 0.05) is 20.2 Å². The van der Waals surface area contributed by atoms with E-state index in [2.05, 4.69) is 4.98 Å². The van der Waals surface area contributed by atoms with Gasteiger partial charge in [-0.15, -0.1) is 0 Å². The predicted molar refractivity (Wildman–Crippen MR) is 69.6 cm³/mol. The fourth-order valence-electron chi connectivity index (χ4n) is 1.78. The van der Waals surface area contributed by atoms with Gasteiger partial charge in [-0.05, 0) is 0 Å². The number of sulfone groups is 1. The van der Waals surface area contributed by atoms with Crippen molar-refractivity contribution >= 4 is 26.3 Å². The molecule has 6 nitrogen and oxygen atoms in total. The topological polar surface area (TPSA) is 79.7 Å². The van der Waals surface area contributed by atoms with Gasteiger partial charge in [-0.2, -0.15) is 0 Å². The summed E-state index contributed by atoms with van der Waals surface area (Å²) in [6.07, 6.45) is 0. The van der Waals surface area contributed by atoms with E-state index < -0.39 is 9.84 Å². The van der Waals surface area contributed by atoms with E-state index in [0.717, 1.165) is 15.7 Å². The van der Waals surface area contributed by atoms with E-state index in [1.165, 1.54) is 11.3 Å². The van der Waals surface area contributed by atoms with Crippen LogP contribution < -0.4 is 4.90 Å². The van der Waals surface area contributed by atoms with Crippen LogP contribution in [0.15, 0.2) is 0 Å². The van der Waals surface area contributed by atoms with E-state index in [9.17, 15) is 13.5 Å². The van der Waals surface area contributed by atoms with Gasteiger partial charge in [-0.3, -0.25) is 0 Å². The van der Waals surface area contributed by atoms with Gasteiger partial charge in [-0.1, -0.05) is 11.3 Å². The first kappa shape index (κ1) is 13.7. The van der Waals surface area contributed by atoms with Gasteiger partial charge in [0.15, 0.2) is 15.0 Å². The molecule has 1 N–H and O–H groups in total. The van der Waals surface area contributed by atoms with Crippen molar-refractivity contribution in [2.75, 3.05) is 36.6 Å². The summed E-state index contributed by atoms with van der Waals surface area (Å²) < 4.78 is 27.7. The molecule has 0 saturated carbocycles. The van der Waals surface area contributed by atoms with Crippen molar-refractivity contribution in [2.45, 2.75) is 13.2 Å². The van der Waals surface area contributed by atoms with Crippen LogP contribution in [0.1, 0.15) is 10.6 Å². The minimum atomic E-state index is -2.88. The lowest BCUT2D eigenvalue weighted by atomic mass is 10.4. The van der Waals surface area contributed by atoms with Gasteiger partial charge in [0.2, 0.25) is 0 Å². The molecule has 0 atom stereocenters. The third kappa shape index (κ3) is 3.00. The standard InChI is InChI=1S/C10H16N2O4S2/c1-16-7-8-9(6-13)17-10(11-8)12-2-4-18(14,15)5-3-12/h13H,2-7H2,1H3. The summed E-state index contributed by atoms with van der Waals surface area (Å²) in [5.74, 6) is 0.335. The first-order valence-corrected chi connectivity index (χ1v) is 8.23. The Morgan fingerprint density at radius 2 is 2.11 bits per heavy atom. The molecule has 0 unspecified atom stereocenters. The Kier molecular flexibility index (Phi) is 4.21. The maximum Gasteiger partial charge on any atom is 0.186 e. The maximum atomic E-state index is 11.4. The van der Waals surface area contributed by atoms with E-state index in [1.807, 2.05) is 4.90 Å². The zero-order valence-electron chi connectivity index (χ0n) is 10.1. The van der Waals surface area contributed by atoms with Crippen LogP contribution in [0.25, 0.3) is 0 Å². The zero-order chi connectivity index (χ0) is 13.2. The van der Waals surface area contributed by atoms with Crippen molar-refractivity contribution in [1.82, 2.24) is 4.98 Å². The number of aliphatic hydroxyl groups is 1. The lowest BCUT2D eigenvalue weighted by Gasteiger charge is -2.25. The molecule has 1 aromatic heterocycles. The second-order valence-corrected chi connectivity index (χ2v) is 7.46. The highest BCUT2D eigenvalue weighted by Gasteiger charge is 2.24. The Balaban J connectivity index is 2.14. The highest BCUT2D eigenvalue weighted by Crippen LogP contribution is 2.28. The second-order valence-electron chi connectivity index (χ2n) is 4.10. The van der Waals surface area contributed by atoms with Crippen LogP contribution in [0.5, 0.6) is 0 Å². The van der Waals surface area contributed by atoms with E-state index in [0.29, 0.717) is 19.7 Å². The monoisotopic (exact) mass is 292 g/mol. The number of aliphatic hydroxyl groups excluding tert-OH is 1. The van der Waals surface area contributed by atoms with Crippen LogP contribution in [0.3, 0.4) is 0 Å². The van der Waals surface area contributed by atoms with Gasteiger partial charge >= 0.3 is 0 Å². The second kappa shape index (κ2) is 5.52. The van der Waals surface area contributed by atoms with Crippen molar-refractivity contribution in [3.63, 3.8) is 0 Å². The molecule has 102 valence electrons. The van der Waals surface area contributed by atoms with Crippen molar-refractivity contribution in [3.8, 4) is 0 Å². The van der Waals surface area contributed by atoms with E-state index in [4.69, 9.17) is 4.74 Å². The molecule has 1 fully saturated rings. The summed E-state index contributed by atoms with van der Waals surface area (Å²) in [5, 5.41) is 10.0. The number of nitrogens with zero attached hydrogens (tertiary/aromatic N) is 2. The average Bonchev–Trinajstić information content (AvgIpc) is 2.73. The summed E-state index contributed by atoms with van der Waals surface area (Å²) >= 11 is 1.40. The molecule has 0 bridgehead atoms. The van der Waals surface area contributed by atoms with Crippen molar-refractivity contribution in [3.05, 3.63) is 10.6 Å². The molecule has 0 aromatic carbocycles. The third-order valence-corrected chi connectivity index (χ3v) is 5.56. The molecule has 0 radical (unpaired) electrons. The molecular formula is C10H16N2O4S2. The number of methoxy groups -OCH3 is 1. The number of rotatable bonds is 4. The number of hydrogen-bond acceptors (Lipinski definition) is 7. The lowest BCUT2D eigenvalue weighted by Crippen LogP contribution is -2.40. The summed E-state index contributed by atoms with van der Waals surface area (Å²) in [6.45, 7) is 1.22. The molecule has 2 rings (SSSR count). The number of ether oxygens (including phenoxy) is 1. The van der Waals surface area contributed by atoms with E-state index in [1.54, 1.807) is 7.11 Å². The van der Waals surface area contributed by atoms with Crippen LogP contribution in [0.2, 0.25) is 0 Å². The van der Waals surface area contributed by atoms with Crippen LogP contribution in [-0.4, -0.2) is 50.2 Å². The molecule has 18 heavy (non-hydrogen) atoms. The zero-order valence-corrected chi connectivity index (χ0v) is 11.8. The Labute approximate surface area is 110 Å². The first-order valence-electron chi connectivity index (χ1n) is 5.59. The molecule has 8 heteroatoms. The summed E-state index contributed by atoms with van der Waals surface area (Å²) in [5.41, 5.74) is 0.730. The molecule has 0 aliphatic carbocycles. The number of hydrogen-bond donors (Lipinski definition) is 1. The van der Waals surface area contributed by atoms with E-state index >= 15 is 0 Å². The van der Waals surface area contributed by atoms with Crippen molar-refractivity contribution in [2.24, 2.45) is 0 Å². The van der Waals surface area contributed by atoms with Crippen LogP contribution >= 0.6 is 11.3 Å². The van der Waals surface area contributed by atoms with Crippen molar-refractivity contribution < 1.29 is 18.3 Å². The molecule has 0 amide bonds. The first-order chi connectivity index (χ1) is 8.55. The number of aromatic nitrogens is 1. The Bertz CT molecular complexity index is 498. The SMILES string of the molecule is COCc1nc(N2CCS(=O)(=O)CC2)sc1CO. The van der Waals surface area contributed by atoms with Gasteiger partial charge < -0.3 is 14.7 Å². The molecule has 1 saturated heterocycles. The Morgan fingerprint density at radius 1 is 1.44 bits per heavy atom. The lowest BCUT2D eigenvalue weighted by molar-refractivity contribution is 0.179. The Hall–Kier alpha value is -0.700. The molecule has 1 aliphatic rings. The Morgan fingerprint density at radius 3 is 2.67 bits per heavy atom. The fourth-order valence-corrected chi connectivity index (χ4v) is 3.96. The molecule has 2 heterocycles.